The molecule has 13 heavy (non-hydrogen) atoms. The standard InChI is InChI=1S/C8H15NO3S/c1-3-5-9(6-4-2)7-8-13(10,11)12/h3-4H,1-2,5-8H2,(H,10,11,12). The molecule has 0 fully saturated rings. The van der Waals surface area contributed by atoms with Crippen LogP contribution in [0.1, 0.15) is 0 Å². The molecule has 0 heterocycles. The molecule has 0 saturated heterocycles. The predicted molar refractivity (Wildman–Crippen MR) is 53.2 cm³/mol. The molecular formula is C8H15NO3S. The van der Waals surface area contributed by atoms with Crippen LogP contribution in [0.15, 0.2) is 25.3 Å². The third kappa shape index (κ3) is 7.70. The van der Waals surface area contributed by atoms with Crippen LogP contribution in [-0.2, 0) is 10.1 Å². The van der Waals surface area contributed by atoms with Crippen LogP contribution in [-0.4, -0.2) is 43.3 Å². The topological polar surface area (TPSA) is 57.6 Å². The van der Waals surface area contributed by atoms with Gasteiger partial charge in [0.2, 0.25) is 0 Å². The third-order valence-corrected chi connectivity index (χ3v) is 2.14. The fraction of sp³-hybridized carbons (Fsp3) is 0.500. The summed E-state index contributed by atoms with van der Waals surface area (Å²) in [6, 6.07) is 0. The summed E-state index contributed by atoms with van der Waals surface area (Å²) in [7, 11) is -3.87. The summed E-state index contributed by atoms with van der Waals surface area (Å²) in [5.41, 5.74) is 0. The molecule has 76 valence electrons. The van der Waals surface area contributed by atoms with E-state index in [1.807, 2.05) is 4.90 Å². The fourth-order valence-electron chi connectivity index (χ4n) is 0.867. The summed E-state index contributed by atoms with van der Waals surface area (Å²) in [4.78, 5) is 1.81. The van der Waals surface area contributed by atoms with Crippen molar-refractivity contribution in [3.63, 3.8) is 0 Å². The lowest BCUT2D eigenvalue weighted by Crippen LogP contribution is -2.29. The highest BCUT2D eigenvalue weighted by Crippen LogP contribution is 1.91. The molecule has 0 aliphatic rings. The van der Waals surface area contributed by atoms with E-state index >= 15 is 0 Å². The highest BCUT2D eigenvalue weighted by atomic mass is 32.2. The van der Waals surface area contributed by atoms with Crippen molar-refractivity contribution in [1.82, 2.24) is 4.90 Å². The Morgan fingerprint density at radius 3 is 2.00 bits per heavy atom. The van der Waals surface area contributed by atoms with Crippen LogP contribution in [0.2, 0.25) is 0 Å². The minimum Gasteiger partial charge on any atom is -0.295 e. The summed E-state index contributed by atoms with van der Waals surface area (Å²) >= 11 is 0. The molecule has 0 aromatic carbocycles. The van der Waals surface area contributed by atoms with Crippen LogP contribution < -0.4 is 0 Å². The second kappa shape index (κ2) is 5.90. The van der Waals surface area contributed by atoms with Crippen LogP contribution >= 0.6 is 0 Å². The molecule has 4 nitrogen and oxygen atoms in total. The first kappa shape index (κ1) is 12.3. The zero-order valence-corrected chi connectivity index (χ0v) is 8.33. The van der Waals surface area contributed by atoms with Crippen molar-refractivity contribution in [2.24, 2.45) is 0 Å². The van der Waals surface area contributed by atoms with E-state index in [2.05, 4.69) is 13.2 Å². The van der Waals surface area contributed by atoms with Crippen LogP contribution in [0.3, 0.4) is 0 Å². The van der Waals surface area contributed by atoms with Gasteiger partial charge in [0.15, 0.2) is 0 Å². The van der Waals surface area contributed by atoms with Gasteiger partial charge in [-0.15, -0.1) is 13.2 Å². The van der Waals surface area contributed by atoms with Crippen molar-refractivity contribution in [3.8, 4) is 0 Å². The maximum atomic E-state index is 10.4. The third-order valence-electron chi connectivity index (χ3n) is 1.44. The van der Waals surface area contributed by atoms with E-state index in [1.165, 1.54) is 0 Å². The van der Waals surface area contributed by atoms with Gasteiger partial charge < -0.3 is 0 Å². The van der Waals surface area contributed by atoms with Gasteiger partial charge in [-0.3, -0.25) is 9.45 Å². The van der Waals surface area contributed by atoms with Crippen molar-refractivity contribution in [1.29, 1.82) is 0 Å². The summed E-state index contributed by atoms with van der Waals surface area (Å²) < 4.78 is 29.3. The van der Waals surface area contributed by atoms with E-state index in [0.29, 0.717) is 13.1 Å². The average molecular weight is 205 g/mol. The average Bonchev–Trinajstić information content (AvgIpc) is 2.00. The zero-order valence-electron chi connectivity index (χ0n) is 7.52. The van der Waals surface area contributed by atoms with E-state index in [4.69, 9.17) is 4.55 Å². The molecule has 0 radical (unpaired) electrons. The molecule has 0 aromatic rings. The van der Waals surface area contributed by atoms with Gasteiger partial charge >= 0.3 is 0 Å². The van der Waals surface area contributed by atoms with Gasteiger partial charge in [-0.25, -0.2) is 0 Å². The molecule has 5 heteroatoms. The Hall–Kier alpha value is -0.650. The van der Waals surface area contributed by atoms with Gasteiger partial charge in [-0.2, -0.15) is 8.42 Å². The molecule has 0 unspecified atom stereocenters. The fourth-order valence-corrected chi connectivity index (χ4v) is 1.36. The number of hydrogen-bond donors (Lipinski definition) is 1. The Kier molecular flexibility index (Phi) is 5.61. The quantitative estimate of drug-likeness (QED) is 0.487. The Labute approximate surface area is 79.3 Å². The molecule has 0 atom stereocenters. The highest BCUT2D eigenvalue weighted by Gasteiger charge is 2.07. The summed E-state index contributed by atoms with van der Waals surface area (Å²) in [6.45, 7) is 8.54. The first-order valence-electron chi connectivity index (χ1n) is 3.89. The predicted octanol–water partition coefficient (Wildman–Crippen LogP) is 0.548. The van der Waals surface area contributed by atoms with E-state index in [0.717, 1.165) is 0 Å². The second-order valence-electron chi connectivity index (χ2n) is 2.62. The number of rotatable bonds is 7. The first-order chi connectivity index (χ1) is 5.99. The van der Waals surface area contributed by atoms with Crippen molar-refractivity contribution in [3.05, 3.63) is 25.3 Å². The largest absolute Gasteiger partial charge is 0.295 e. The van der Waals surface area contributed by atoms with Crippen LogP contribution in [0.25, 0.3) is 0 Å². The summed E-state index contributed by atoms with van der Waals surface area (Å²) in [5.74, 6) is -0.255. The number of nitrogens with zero attached hydrogens (tertiary/aromatic N) is 1. The molecule has 0 bridgehead atoms. The smallest absolute Gasteiger partial charge is 0.266 e. The molecule has 0 saturated carbocycles. The van der Waals surface area contributed by atoms with Crippen LogP contribution in [0.4, 0.5) is 0 Å². The Bertz CT molecular complexity index is 249. The molecular weight excluding hydrogens is 190 g/mol. The van der Waals surface area contributed by atoms with Gasteiger partial charge in [0.1, 0.15) is 0 Å². The normalized spacial score (nSPS) is 11.5. The van der Waals surface area contributed by atoms with Crippen LogP contribution in [0, 0.1) is 0 Å². The molecule has 0 amide bonds. The van der Waals surface area contributed by atoms with Gasteiger partial charge in [0.25, 0.3) is 10.1 Å². The first-order valence-corrected chi connectivity index (χ1v) is 5.50. The lowest BCUT2D eigenvalue weighted by Gasteiger charge is -2.17. The summed E-state index contributed by atoms with van der Waals surface area (Å²) in [5, 5.41) is 0. The molecule has 0 aliphatic carbocycles. The van der Waals surface area contributed by atoms with Gasteiger partial charge in [-0.1, -0.05) is 12.2 Å². The second-order valence-corrected chi connectivity index (χ2v) is 4.20. The minimum absolute atomic E-state index is 0.255. The van der Waals surface area contributed by atoms with Gasteiger partial charge in [0.05, 0.1) is 5.75 Å². The van der Waals surface area contributed by atoms with E-state index < -0.39 is 10.1 Å². The van der Waals surface area contributed by atoms with Gasteiger partial charge in [0, 0.05) is 19.6 Å². The van der Waals surface area contributed by atoms with E-state index in [9.17, 15) is 8.42 Å². The molecule has 1 N–H and O–H groups in total. The molecule has 0 aliphatic heterocycles. The number of hydrogen-bond acceptors (Lipinski definition) is 3. The summed E-state index contributed by atoms with van der Waals surface area (Å²) in [6.07, 6.45) is 3.35. The lowest BCUT2D eigenvalue weighted by atomic mass is 10.4. The molecule has 0 aromatic heterocycles. The van der Waals surface area contributed by atoms with Crippen molar-refractivity contribution in [2.75, 3.05) is 25.4 Å². The Morgan fingerprint density at radius 2 is 1.69 bits per heavy atom. The van der Waals surface area contributed by atoms with Crippen molar-refractivity contribution < 1.29 is 13.0 Å². The Morgan fingerprint density at radius 1 is 1.23 bits per heavy atom. The van der Waals surface area contributed by atoms with Crippen molar-refractivity contribution in [2.45, 2.75) is 0 Å². The van der Waals surface area contributed by atoms with Crippen molar-refractivity contribution >= 4 is 10.1 Å². The maximum absolute atomic E-state index is 10.4. The van der Waals surface area contributed by atoms with Crippen LogP contribution in [0.5, 0.6) is 0 Å². The van der Waals surface area contributed by atoms with E-state index in [-0.39, 0.29) is 12.3 Å². The van der Waals surface area contributed by atoms with E-state index in [1.54, 1.807) is 12.2 Å². The monoisotopic (exact) mass is 205 g/mol. The Balaban J connectivity index is 3.95. The van der Waals surface area contributed by atoms with Gasteiger partial charge in [-0.05, 0) is 0 Å². The highest BCUT2D eigenvalue weighted by molar-refractivity contribution is 7.85. The molecule has 0 rings (SSSR count). The lowest BCUT2D eigenvalue weighted by molar-refractivity contribution is 0.350. The zero-order chi connectivity index (χ0) is 10.3. The molecule has 0 spiro atoms. The SMILES string of the molecule is C=CCN(CC=C)CCS(=O)(=O)O. The minimum atomic E-state index is -3.87. The maximum Gasteiger partial charge on any atom is 0.266 e.